The summed E-state index contributed by atoms with van der Waals surface area (Å²) in [4.78, 5) is 43.8. The molecule has 2 aliphatic rings. The number of amides is 2. The van der Waals surface area contributed by atoms with Crippen molar-refractivity contribution >= 4 is 84.8 Å². The van der Waals surface area contributed by atoms with Crippen LogP contribution in [0.15, 0.2) is 115 Å². The summed E-state index contributed by atoms with van der Waals surface area (Å²) in [5, 5.41) is 2.46. The number of hydrogen-bond acceptors (Lipinski definition) is 7. The standard InChI is InChI=1S/C36H29Br2ClN2O5S2/c1-45-26-14-8-22(9-15-26)19-46-36(44)33-30(48-29-5-3-2-4-27(29)23-10-6-21(18-39)7-11-23)20-47-35-32(34(43)41(33)35)40-31(42)16-24-12-13-25(37)17-28(24)38/h2-15,17,32,35H,16,18-20H2,1H3,(H,40,42)/t32-,35+/m1/s1. The topological polar surface area (TPSA) is 84.9 Å². The zero-order valence-electron chi connectivity index (χ0n) is 25.6. The summed E-state index contributed by atoms with van der Waals surface area (Å²) in [5.74, 6) is 0.349. The van der Waals surface area contributed by atoms with Gasteiger partial charge in [0.1, 0.15) is 29.5 Å². The number of methoxy groups -OCH3 is 1. The van der Waals surface area contributed by atoms with Crippen LogP contribution in [0.25, 0.3) is 11.1 Å². The van der Waals surface area contributed by atoms with Crippen LogP contribution in [0.5, 0.6) is 5.75 Å². The van der Waals surface area contributed by atoms with Gasteiger partial charge < -0.3 is 14.8 Å². The summed E-state index contributed by atoms with van der Waals surface area (Å²) in [5.41, 5.74) is 4.81. The van der Waals surface area contributed by atoms with Crippen molar-refractivity contribution in [3.63, 3.8) is 0 Å². The van der Waals surface area contributed by atoms with Crippen molar-refractivity contribution in [2.75, 3.05) is 12.9 Å². The van der Waals surface area contributed by atoms with Crippen molar-refractivity contribution in [3.8, 4) is 16.9 Å². The van der Waals surface area contributed by atoms with Crippen molar-refractivity contribution in [3.05, 3.63) is 127 Å². The summed E-state index contributed by atoms with van der Waals surface area (Å²) < 4.78 is 12.7. The van der Waals surface area contributed by atoms with Crippen molar-refractivity contribution < 1.29 is 23.9 Å². The summed E-state index contributed by atoms with van der Waals surface area (Å²) in [6.07, 6.45) is 0.103. The molecule has 2 heterocycles. The van der Waals surface area contributed by atoms with Crippen molar-refractivity contribution in [1.82, 2.24) is 10.2 Å². The molecule has 4 aromatic rings. The first-order chi connectivity index (χ1) is 23.2. The van der Waals surface area contributed by atoms with Crippen LogP contribution >= 0.6 is 67.0 Å². The smallest absolute Gasteiger partial charge is 0.356 e. The molecule has 12 heteroatoms. The molecule has 246 valence electrons. The Hall–Kier alpha value is -3.22. The molecule has 7 nitrogen and oxygen atoms in total. The molecule has 4 aromatic carbocycles. The molecule has 1 N–H and O–H groups in total. The fourth-order valence-electron chi connectivity index (χ4n) is 5.36. The molecule has 0 aliphatic carbocycles. The van der Waals surface area contributed by atoms with E-state index in [1.54, 1.807) is 19.2 Å². The highest BCUT2D eigenvalue weighted by Crippen LogP contribution is 2.47. The number of nitrogens with one attached hydrogen (secondary N) is 1. The highest BCUT2D eigenvalue weighted by atomic mass is 79.9. The maximum Gasteiger partial charge on any atom is 0.356 e. The van der Waals surface area contributed by atoms with E-state index < -0.39 is 17.4 Å². The Labute approximate surface area is 309 Å². The molecule has 2 aliphatic heterocycles. The van der Waals surface area contributed by atoms with E-state index in [1.807, 2.05) is 78.9 Å². The van der Waals surface area contributed by atoms with Crippen LogP contribution in [0.2, 0.25) is 0 Å². The predicted molar refractivity (Wildman–Crippen MR) is 198 cm³/mol. The van der Waals surface area contributed by atoms with E-state index in [0.29, 0.717) is 22.3 Å². The molecule has 0 saturated carbocycles. The number of hydrogen-bond donors (Lipinski definition) is 1. The lowest BCUT2D eigenvalue weighted by atomic mass is 10.0. The first-order valence-corrected chi connectivity index (χ1v) is 18.9. The molecule has 2 amide bonds. The number of esters is 1. The van der Waals surface area contributed by atoms with Gasteiger partial charge in [-0.15, -0.1) is 23.4 Å². The van der Waals surface area contributed by atoms with Crippen molar-refractivity contribution in [2.24, 2.45) is 0 Å². The Kier molecular flexibility index (Phi) is 11.2. The van der Waals surface area contributed by atoms with E-state index in [9.17, 15) is 14.4 Å². The number of rotatable bonds is 11. The molecule has 1 saturated heterocycles. The van der Waals surface area contributed by atoms with Gasteiger partial charge in [-0.2, -0.15) is 0 Å². The van der Waals surface area contributed by atoms with Crippen LogP contribution in [0.3, 0.4) is 0 Å². The minimum atomic E-state index is -0.764. The summed E-state index contributed by atoms with van der Waals surface area (Å²) in [6, 6.07) is 28.1. The lowest BCUT2D eigenvalue weighted by Crippen LogP contribution is -2.70. The average Bonchev–Trinajstić information content (AvgIpc) is 3.11. The minimum absolute atomic E-state index is 0.0237. The summed E-state index contributed by atoms with van der Waals surface area (Å²) in [7, 11) is 1.59. The molecule has 0 bridgehead atoms. The normalized spacial score (nSPS) is 17.0. The monoisotopic (exact) mass is 826 g/mol. The lowest BCUT2D eigenvalue weighted by molar-refractivity contribution is -0.153. The van der Waals surface area contributed by atoms with Crippen LogP contribution in [0.1, 0.15) is 16.7 Å². The highest BCUT2D eigenvalue weighted by Gasteiger charge is 2.54. The van der Waals surface area contributed by atoms with E-state index >= 15 is 0 Å². The van der Waals surface area contributed by atoms with E-state index in [-0.39, 0.29) is 30.5 Å². The molecule has 0 spiro atoms. The second kappa shape index (κ2) is 15.6. The van der Waals surface area contributed by atoms with Gasteiger partial charge >= 0.3 is 5.97 Å². The third-order valence-corrected chi connectivity index (χ3v) is 12.0. The molecule has 0 radical (unpaired) electrons. The number of alkyl halides is 1. The Morgan fingerprint density at radius 1 is 1.00 bits per heavy atom. The van der Waals surface area contributed by atoms with Gasteiger partial charge in [-0.25, -0.2) is 4.79 Å². The zero-order chi connectivity index (χ0) is 33.8. The van der Waals surface area contributed by atoms with E-state index in [4.69, 9.17) is 21.1 Å². The number of nitrogens with zero attached hydrogens (tertiary/aromatic N) is 1. The van der Waals surface area contributed by atoms with Crippen LogP contribution in [0.4, 0.5) is 0 Å². The van der Waals surface area contributed by atoms with Gasteiger partial charge in [0.05, 0.1) is 13.5 Å². The largest absolute Gasteiger partial charge is 0.497 e. The second-order valence-electron chi connectivity index (χ2n) is 11.0. The number of β-lactam (4-membered cyclic amide) rings is 1. The number of ether oxygens (including phenoxy) is 2. The van der Waals surface area contributed by atoms with Gasteiger partial charge in [0.15, 0.2) is 0 Å². The van der Waals surface area contributed by atoms with Crippen LogP contribution in [0, 0.1) is 0 Å². The predicted octanol–water partition coefficient (Wildman–Crippen LogP) is 8.32. The van der Waals surface area contributed by atoms with Gasteiger partial charge in [0.2, 0.25) is 5.91 Å². The molecular formula is C36H29Br2ClN2O5S2. The number of benzene rings is 4. The van der Waals surface area contributed by atoms with Crippen molar-refractivity contribution in [2.45, 2.75) is 35.2 Å². The maximum absolute atomic E-state index is 13.9. The molecule has 0 aromatic heterocycles. The molecule has 0 unspecified atom stereocenters. The fourth-order valence-corrected chi connectivity index (χ4v) is 9.35. The first kappa shape index (κ1) is 34.6. The van der Waals surface area contributed by atoms with E-state index in [1.165, 1.54) is 28.4 Å². The average molecular weight is 829 g/mol. The van der Waals surface area contributed by atoms with Crippen LogP contribution in [-0.4, -0.2) is 47.0 Å². The third kappa shape index (κ3) is 7.65. The van der Waals surface area contributed by atoms with Gasteiger partial charge in [0.25, 0.3) is 5.91 Å². The quantitative estimate of drug-likeness (QED) is 0.0926. The van der Waals surface area contributed by atoms with Gasteiger partial charge in [-0.05, 0) is 58.1 Å². The van der Waals surface area contributed by atoms with E-state index in [2.05, 4.69) is 37.2 Å². The van der Waals surface area contributed by atoms with Gasteiger partial charge in [-0.1, -0.05) is 104 Å². The number of fused-ring (bicyclic) bond motifs is 1. The van der Waals surface area contributed by atoms with Crippen molar-refractivity contribution in [1.29, 1.82) is 0 Å². The molecule has 2 atom stereocenters. The van der Waals surface area contributed by atoms with Gasteiger partial charge in [-0.3, -0.25) is 14.5 Å². The third-order valence-electron chi connectivity index (χ3n) is 7.88. The highest BCUT2D eigenvalue weighted by molar-refractivity contribution is 9.11. The second-order valence-corrected chi connectivity index (χ2v) is 15.3. The van der Waals surface area contributed by atoms with Crippen LogP contribution < -0.4 is 10.1 Å². The summed E-state index contributed by atoms with van der Waals surface area (Å²) in [6.45, 7) is 0.0237. The Bertz CT molecular complexity index is 1890. The summed E-state index contributed by atoms with van der Waals surface area (Å²) >= 11 is 15.9. The van der Waals surface area contributed by atoms with E-state index in [0.717, 1.165) is 41.7 Å². The Morgan fingerprint density at radius 3 is 2.44 bits per heavy atom. The molecular weight excluding hydrogens is 800 g/mol. The molecule has 6 rings (SSSR count). The maximum atomic E-state index is 13.9. The zero-order valence-corrected chi connectivity index (χ0v) is 31.1. The number of thioether (sulfide) groups is 2. The Balaban J connectivity index is 1.26. The number of carbonyl (C=O) groups excluding carboxylic acids is 3. The fraction of sp³-hybridized carbons (Fsp3) is 0.194. The van der Waals surface area contributed by atoms with Crippen LogP contribution in [-0.2, 0) is 38.0 Å². The van der Waals surface area contributed by atoms with Gasteiger partial charge in [0, 0.05) is 30.4 Å². The Morgan fingerprint density at radius 2 is 1.73 bits per heavy atom. The lowest BCUT2D eigenvalue weighted by Gasteiger charge is -2.49. The number of carbonyl (C=O) groups is 3. The SMILES string of the molecule is COc1ccc(COC(=O)C2=C(Sc3ccccc3-c3ccc(CCl)cc3)CS[C@H]3[C@H](NC(=O)Cc4ccc(Br)cc4Br)C(=O)N23)cc1. The number of halogens is 3. The minimum Gasteiger partial charge on any atom is -0.497 e. The molecule has 48 heavy (non-hydrogen) atoms. The molecule has 1 fully saturated rings. The first-order valence-electron chi connectivity index (χ1n) is 14.9.